The molecule has 1 aliphatic rings. The summed E-state index contributed by atoms with van der Waals surface area (Å²) in [4.78, 5) is 25.4. The van der Waals surface area contributed by atoms with Crippen molar-refractivity contribution in [2.45, 2.75) is 19.1 Å². The number of amides is 2. The van der Waals surface area contributed by atoms with Crippen LogP contribution in [0.3, 0.4) is 0 Å². The molecule has 1 aliphatic heterocycles. The van der Waals surface area contributed by atoms with Crippen molar-refractivity contribution >= 4 is 44.3 Å². The van der Waals surface area contributed by atoms with Crippen molar-refractivity contribution < 1.29 is 18.0 Å². The monoisotopic (exact) mass is 537 g/mol. The summed E-state index contributed by atoms with van der Waals surface area (Å²) in [6.45, 7) is 2.08. The van der Waals surface area contributed by atoms with Crippen molar-refractivity contribution in [3.63, 3.8) is 0 Å². The van der Waals surface area contributed by atoms with Gasteiger partial charge in [-0.1, -0.05) is 6.07 Å². The Labute approximate surface area is 219 Å². The zero-order valence-corrected chi connectivity index (χ0v) is 20.8. The largest absolute Gasteiger partial charge is 0.416 e. The van der Waals surface area contributed by atoms with E-state index in [1.165, 1.54) is 27.8 Å². The van der Waals surface area contributed by atoms with Gasteiger partial charge in [0.2, 0.25) is 0 Å². The van der Waals surface area contributed by atoms with E-state index in [1.54, 1.807) is 22.4 Å². The standard InChI is InChI=1S/C26H22F3N7OS/c27-26(28,29)19-3-5-20(6-4-19)36-14-21-23(33-36)31-15-32-24(21)34-9-1-10-35(16-34)25(37)30-13-17-2-7-22-18(12-17)8-11-38-22/h2-8,11-12,14-15H,1,9-10,13,16H2,(H,30,37). The number of rotatable bonds is 4. The highest BCUT2D eigenvalue weighted by molar-refractivity contribution is 7.17. The number of urea groups is 1. The molecule has 194 valence electrons. The maximum absolute atomic E-state index is 13.0. The number of halogens is 3. The first kappa shape index (κ1) is 24.2. The molecule has 3 aromatic heterocycles. The summed E-state index contributed by atoms with van der Waals surface area (Å²) in [6.07, 6.45) is -0.545. The molecular formula is C26H22F3N7OS. The Morgan fingerprint density at radius 3 is 2.71 bits per heavy atom. The van der Waals surface area contributed by atoms with Crippen LogP contribution in [0.25, 0.3) is 26.8 Å². The van der Waals surface area contributed by atoms with Crippen LogP contribution in [-0.2, 0) is 12.7 Å². The molecule has 0 bridgehead atoms. The topological polar surface area (TPSA) is 79.2 Å². The summed E-state index contributed by atoms with van der Waals surface area (Å²) in [7, 11) is 0. The predicted molar refractivity (Wildman–Crippen MR) is 139 cm³/mol. The minimum atomic E-state index is -4.41. The van der Waals surface area contributed by atoms with Crippen molar-refractivity contribution in [2.24, 2.45) is 0 Å². The van der Waals surface area contributed by atoms with Gasteiger partial charge in [-0.2, -0.15) is 13.2 Å². The normalized spacial score (nSPS) is 14.4. The van der Waals surface area contributed by atoms with Crippen LogP contribution >= 0.6 is 11.3 Å². The van der Waals surface area contributed by atoms with Crippen molar-refractivity contribution in [1.29, 1.82) is 0 Å². The van der Waals surface area contributed by atoms with Gasteiger partial charge in [-0.05, 0) is 65.2 Å². The van der Waals surface area contributed by atoms with E-state index >= 15 is 0 Å². The molecule has 6 rings (SSSR count). The summed E-state index contributed by atoms with van der Waals surface area (Å²) in [5.74, 6) is 0.619. The maximum atomic E-state index is 13.0. The van der Waals surface area contributed by atoms with E-state index in [2.05, 4.69) is 38.6 Å². The van der Waals surface area contributed by atoms with Gasteiger partial charge in [0.05, 0.1) is 23.3 Å². The Bertz CT molecular complexity index is 1610. The number of hydrogen-bond donors (Lipinski definition) is 1. The summed E-state index contributed by atoms with van der Waals surface area (Å²) in [6, 6.07) is 12.8. The van der Waals surface area contributed by atoms with Gasteiger partial charge in [-0.25, -0.2) is 19.4 Å². The van der Waals surface area contributed by atoms with Crippen LogP contribution in [0.4, 0.5) is 23.8 Å². The van der Waals surface area contributed by atoms with Crippen LogP contribution in [0.2, 0.25) is 0 Å². The third-order valence-electron chi connectivity index (χ3n) is 6.50. The first-order chi connectivity index (χ1) is 18.3. The summed E-state index contributed by atoms with van der Waals surface area (Å²) in [5.41, 5.74) is 1.20. The molecule has 38 heavy (non-hydrogen) atoms. The summed E-state index contributed by atoms with van der Waals surface area (Å²) in [5, 5.41) is 11.3. The van der Waals surface area contributed by atoms with Gasteiger partial charge in [-0.15, -0.1) is 16.4 Å². The van der Waals surface area contributed by atoms with E-state index in [0.29, 0.717) is 48.8 Å². The Morgan fingerprint density at radius 1 is 1.05 bits per heavy atom. The number of hydrogen-bond acceptors (Lipinski definition) is 6. The summed E-state index contributed by atoms with van der Waals surface area (Å²) < 4.78 is 41.5. The second kappa shape index (κ2) is 9.60. The second-order valence-corrected chi connectivity index (χ2v) is 9.97. The number of benzene rings is 2. The van der Waals surface area contributed by atoms with E-state index in [4.69, 9.17) is 0 Å². The van der Waals surface area contributed by atoms with E-state index < -0.39 is 11.7 Å². The van der Waals surface area contributed by atoms with Crippen LogP contribution in [0.5, 0.6) is 0 Å². The lowest BCUT2D eigenvalue weighted by Crippen LogP contribution is -2.51. The van der Waals surface area contributed by atoms with Crippen LogP contribution in [0, 0.1) is 0 Å². The van der Waals surface area contributed by atoms with E-state index in [9.17, 15) is 18.0 Å². The molecule has 0 unspecified atom stereocenters. The molecule has 0 saturated carbocycles. The molecule has 1 N–H and O–H groups in total. The number of alkyl halides is 3. The van der Waals surface area contributed by atoms with E-state index in [0.717, 1.165) is 29.5 Å². The molecule has 2 aromatic carbocycles. The van der Waals surface area contributed by atoms with Gasteiger partial charge >= 0.3 is 12.2 Å². The zero-order chi connectivity index (χ0) is 26.3. The Hall–Kier alpha value is -4.19. The lowest BCUT2D eigenvalue weighted by molar-refractivity contribution is -0.137. The van der Waals surface area contributed by atoms with Gasteiger partial charge < -0.3 is 15.1 Å². The number of nitrogens with one attached hydrogen (secondary N) is 1. The van der Waals surface area contributed by atoms with Gasteiger partial charge in [0.15, 0.2) is 5.65 Å². The third-order valence-corrected chi connectivity index (χ3v) is 7.40. The Balaban J connectivity index is 1.17. The zero-order valence-electron chi connectivity index (χ0n) is 20.0. The highest BCUT2D eigenvalue weighted by Gasteiger charge is 2.30. The molecule has 4 heterocycles. The first-order valence-electron chi connectivity index (χ1n) is 12.0. The van der Waals surface area contributed by atoms with Crippen LogP contribution in [0.1, 0.15) is 17.5 Å². The molecular weight excluding hydrogens is 515 g/mol. The second-order valence-electron chi connectivity index (χ2n) is 9.03. The minimum Gasteiger partial charge on any atom is -0.338 e. The number of carbonyl (C=O) groups is 1. The van der Waals surface area contributed by atoms with Crippen LogP contribution in [0.15, 0.2) is 66.4 Å². The fourth-order valence-electron chi connectivity index (χ4n) is 4.57. The first-order valence-corrected chi connectivity index (χ1v) is 12.8. The fourth-order valence-corrected chi connectivity index (χ4v) is 5.34. The fraction of sp³-hybridized carbons (Fsp3) is 0.231. The van der Waals surface area contributed by atoms with Crippen molar-refractivity contribution in [1.82, 2.24) is 30.0 Å². The molecule has 0 atom stereocenters. The SMILES string of the molecule is O=C(NCc1ccc2sccc2c1)N1CCCN(c2ncnc3nn(-c4ccc(C(F)(F)F)cc4)cc23)C1. The smallest absolute Gasteiger partial charge is 0.338 e. The van der Waals surface area contributed by atoms with Crippen LogP contribution in [-0.4, -0.2) is 50.4 Å². The molecule has 12 heteroatoms. The highest BCUT2D eigenvalue weighted by Crippen LogP contribution is 2.30. The van der Waals surface area contributed by atoms with Gasteiger partial charge in [0.1, 0.15) is 12.1 Å². The number of fused-ring (bicyclic) bond motifs is 2. The van der Waals surface area contributed by atoms with Gasteiger partial charge in [0, 0.05) is 30.5 Å². The Kier molecular flexibility index (Phi) is 6.10. The Morgan fingerprint density at radius 2 is 1.89 bits per heavy atom. The van der Waals surface area contributed by atoms with Crippen molar-refractivity contribution in [2.75, 3.05) is 24.7 Å². The van der Waals surface area contributed by atoms with Crippen molar-refractivity contribution in [3.8, 4) is 5.69 Å². The third kappa shape index (κ3) is 4.74. The lowest BCUT2D eigenvalue weighted by atomic mass is 10.2. The van der Waals surface area contributed by atoms with E-state index in [-0.39, 0.29) is 6.03 Å². The van der Waals surface area contributed by atoms with Crippen molar-refractivity contribution in [3.05, 3.63) is 77.6 Å². The molecule has 0 radical (unpaired) electrons. The molecule has 1 saturated heterocycles. The number of carbonyl (C=O) groups excluding carboxylic acids is 1. The number of nitrogens with zero attached hydrogens (tertiary/aromatic N) is 6. The van der Waals surface area contributed by atoms with E-state index in [1.807, 2.05) is 16.3 Å². The van der Waals surface area contributed by atoms with Crippen LogP contribution < -0.4 is 10.2 Å². The molecule has 2 amide bonds. The summed E-state index contributed by atoms with van der Waals surface area (Å²) >= 11 is 1.69. The number of thiophene rings is 1. The highest BCUT2D eigenvalue weighted by atomic mass is 32.1. The maximum Gasteiger partial charge on any atom is 0.416 e. The number of aromatic nitrogens is 4. The predicted octanol–water partition coefficient (Wildman–Crippen LogP) is 5.43. The number of anilines is 1. The van der Waals surface area contributed by atoms with Gasteiger partial charge in [-0.3, -0.25) is 0 Å². The molecule has 0 spiro atoms. The molecule has 5 aromatic rings. The van der Waals surface area contributed by atoms with Gasteiger partial charge in [0.25, 0.3) is 0 Å². The molecule has 0 aliphatic carbocycles. The average molecular weight is 538 g/mol. The molecule has 1 fully saturated rings. The quantitative estimate of drug-likeness (QED) is 0.331. The molecule has 8 nitrogen and oxygen atoms in total. The minimum absolute atomic E-state index is 0.161. The lowest BCUT2D eigenvalue weighted by Gasteiger charge is -2.36. The average Bonchev–Trinajstić information content (AvgIpc) is 3.58.